The lowest BCUT2D eigenvalue weighted by atomic mass is 10.2. The molecule has 0 aliphatic carbocycles. The summed E-state index contributed by atoms with van der Waals surface area (Å²) in [7, 11) is -3.73. The lowest BCUT2D eigenvalue weighted by molar-refractivity contribution is -0.115. The van der Waals surface area contributed by atoms with Gasteiger partial charge in [-0.1, -0.05) is 0 Å². The molecule has 0 radical (unpaired) electrons. The third-order valence-electron chi connectivity index (χ3n) is 2.56. The Labute approximate surface area is 118 Å². The number of sulfonamides is 1. The Morgan fingerprint density at radius 3 is 1.95 bits per heavy atom. The van der Waals surface area contributed by atoms with Gasteiger partial charge in [-0.05, 0) is 38.1 Å². The van der Waals surface area contributed by atoms with E-state index in [2.05, 4.69) is 5.32 Å². The summed E-state index contributed by atoms with van der Waals surface area (Å²) in [6.07, 6.45) is 0. The smallest absolute Gasteiger partial charge is 0.244 e. The Hall–Kier alpha value is -1.89. The van der Waals surface area contributed by atoms with E-state index < -0.39 is 21.2 Å². The van der Waals surface area contributed by atoms with Gasteiger partial charge in [0.05, 0.1) is 10.9 Å². The number of hydrogen-bond acceptors (Lipinski definition) is 4. The average Bonchev–Trinajstić information content (AvgIpc) is 2.29. The largest absolute Gasteiger partial charge is 0.326 e. The maximum Gasteiger partial charge on any atom is 0.244 e. The van der Waals surface area contributed by atoms with Crippen molar-refractivity contribution in [2.45, 2.75) is 32.9 Å². The fourth-order valence-corrected chi connectivity index (χ4v) is 2.80. The minimum Gasteiger partial charge on any atom is -0.326 e. The van der Waals surface area contributed by atoms with Crippen LogP contribution < -0.4 is 9.62 Å². The van der Waals surface area contributed by atoms with Crippen LogP contribution in [0, 0.1) is 0 Å². The number of anilines is 2. The number of nitrogens with one attached hydrogen (secondary N) is 1. The van der Waals surface area contributed by atoms with Gasteiger partial charge in [0.1, 0.15) is 0 Å². The normalized spacial score (nSPS) is 11.2. The molecule has 0 unspecified atom stereocenters. The number of benzene rings is 1. The molecular formula is C13H18N2O4S. The van der Waals surface area contributed by atoms with Crippen LogP contribution in [0.15, 0.2) is 24.3 Å². The molecule has 0 saturated heterocycles. The fourth-order valence-electron chi connectivity index (χ4n) is 1.60. The van der Waals surface area contributed by atoms with Gasteiger partial charge in [-0.3, -0.25) is 9.59 Å². The van der Waals surface area contributed by atoms with Gasteiger partial charge >= 0.3 is 0 Å². The molecule has 0 aliphatic rings. The van der Waals surface area contributed by atoms with Crippen molar-refractivity contribution in [3.05, 3.63) is 24.3 Å². The summed E-state index contributed by atoms with van der Waals surface area (Å²) in [6, 6.07) is 6.05. The van der Waals surface area contributed by atoms with Crippen LogP contribution in [0.2, 0.25) is 0 Å². The molecule has 1 aromatic rings. The Bertz CT molecular complexity index is 606. The van der Waals surface area contributed by atoms with E-state index in [0.29, 0.717) is 5.69 Å². The van der Waals surface area contributed by atoms with Crippen LogP contribution in [0.3, 0.4) is 0 Å². The predicted octanol–water partition coefficient (Wildman–Crippen LogP) is 1.74. The molecule has 0 fully saturated rings. The maximum atomic E-state index is 12.2. The molecule has 1 rings (SSSR count). The van der Waals surface area contributed by atoms with Crippen LogP contribution >= 0.6 is 0 Å². The Morgan fingerprint density at radius 1 is 1.10 bits per heavy atom. The highest BCUT2D eigenvalue weighted by Crippen LogP contribution is 2.23. The van der Waals surface area contributed by atoms with E-state index >= 15 is 0 Å². The van der Waals surface area contributed by atoms with Crippen LogP contribution in [-0.2, 0) is 19.6 Å². The summed E-state index contributed by atoms with van der Waals surface area (Å²) in [5, 5.41) is 1.86. The second-order valence-corrected chi connectivity index (χ2v) is 6.94. The van der Waals surface area contributed by atoms with Crippen molar-refractivity contribution in [2.75, 3.05) is 9.62 Å². The van der Waals surface area contributed by atoms with Gasteiger partial charge in [-0.15, -0.1) is 0 Å². The topological polar surface area (TPSA) is 83.6 Å². The van der Waals surface area contributed by atoms with Crippen molar-refractivity contribution in [1.82, 2.24) is 0 Å². The van der Waals surface area contributed by atoms with Crippen molar-refractivity contribution in [3.8, 4) is 0 Å². The highest BCUT2D eigenvalue weighted by molar-refractivity contribution is 7.94. The van der Waals surface area contributed by atoms with E-state index in [0.717, 1.165) is 4.31 Å². The van der Waals surface area contributed by atoms with Gasteiger partial charge in [0, 0.05) is 19.5 Å². The summed E-state index contributed by atoms with van der Waals surface area (Å²) in [4.78, 5) is 22.6. The van der Waals surface area contributed by atoms with Gasteiger partial charge in [0.2, 0.25) is 21.8 Å². The molecule has 0 bridgehead atoms. The van der Waals surface area contributed by atoms with Gasteiger partial charge in [-0.25, -0.2) is 12.7 Å². The molecule has 6 nitrogen and oxygen atoms in total. The Balaban J connectivity index is 3.18. The third-order valence-corrected chi connectivity index (χ3v) is 4.73. The first kappa shape index (κ1) is 16.2. The van der Waals surface area contributed by atoms with Gasteiger partial charge in [-0.2, -0.15) is 0 Å². The summed E-state index contributed by atoms with van der Waals surface area (Å²) < 4.78 is 25.1. The first-order valence-electron chi connectivity index (χ1n) is 6.08. The maximum absolute atomic E-state index is 12.2. The van der Waals surface area contributed by atoms with E-state index in [1.54, 1.807) is 12.1 Å². The first-order valence-corrected chi connectivity index (χ1v) is 7.59. The van der Waals surface area contributed by atoms with Crippen LogP contribution in [0.1, 0.15) is 27.7 Å². The minimum absolute atomic E-state index is 0.226. The zero-order valence-corrected chi connectivity index (χ0v) is 12.7. The molecule has 0 aromatic heterocycles. The van der Waals surface area contributed by atoms with Crippen LogP contribution in [0.5, 0.6) is 0 Å². The van der Waals surface area contributed by atoms with Gasteiger partial charge in [0.15, 0.2) is 0 Å². The molecule has 110 valence electrons. The number of hydrogen-bond donors (Lipinski definition) is 1. The molecule has 0 spiro atoms. The second-order valence-electron chi connectivity index (χ2n) is 4.61. The zero-order chi connectivity index (χ0) is 15.5. The van der Waals surface area contributed by atoms with Crippen molar-refractivity contribution in [1.29, 1.82) is 0 Å². The average molecular weight is 298 g/mol. The highest BCUT2D eigenvalue weighted by atomic mass is 32.2. The molecule has 0 atom stereocenters. The predicted molar refractivity (Wildman–Crippen MR) is 78.0 cm³/mol. The number of rotatable bonds is 4. The zero-order valence-electron chi connectivity index (χ0n) is 11.9. The first-order chi connectivity index (χ1) is 9.16. The number of amides is 2. The highest BCUT2D eigenvalue weighted by Gasteiger charge is 2.29. The molecule has 7 heteroatoms. The summed E-state index contributed by atoms with van der Waals surface area (Å²) in [6.45, 7) is 5.59. The molecule has 2 amide bonds. The van der Waals surface area contributed by atoms with Gasteiger partial charge in [0.25, 0.3) is 0 Å². The van der Waals surface area contributed by atoms with E-state index in [9.17, 15) is 18.0 Å². The van der Waals surface area contributed by atoms with Crippen LogP contribution in [0.4, 0.5) is 11.4 Å². The lowest BCUT2D eigenvalue weighted by Gasteiger charge is -2.23. The van der Waals surface area contributed by atoms with Crippen LogP contribution in [-0.4, -0.2) is 25.5 Å². The molecule has 20 heavy (non-hydrogen) atoms. The van der Waals surface area contributed by atoms with Crippen molar-refractivity contribution in [3.63, 3.8) is 0 Å². The van der Waals surface area contributed by atoms with E-state index in [1.165, 1.54) is 39.8 Å². The number of carbonyl (C=O) groups is 2. The van der Waals surface area contributed by atoms with Crippen molar-refractivity contribution < 1.29 is 18.0 Å². The SMILES string of the molecule is CC(=O)Nc1ccc(N(C(C)=O)S(=O)(=O)C(C)C)cc1. The minimum atomic E-state index is -3.73. The molecule has 0 saturated carbocycles. The Morgan fingerprint density at radius 2 is 1.60 bits per heavy atom. The summed E-state index contributed by atoms with van der Waals surface area (Å²) in [5.41, 5.74) is 0.784. The number of carbonyl (C=O) groups excluding carboxylic acids is 2. The van der Waals surface area contributed by atoms with Crippen molar-refractivity contribution >= 4 is 33.2 Å². The standard InChI is InChI=1S/C13H18N2O4S/c1-9(2)20(18,19)15(11(4)17)13-7-5-12(6-8-13)14-10(3)16/h5-9H,1-4H3,(H,14,16). The van der Waals surface area contributed by atoms with E-state index in [-0.39, 0.29) is 11.6 Å². The molecule has 0 heterocycles. The molecular weight excluding hydrogens is 280 g/mol. The van der Waals surface area contributed by atoms with E-state index in [1.807, 2.05) is 0 Å². The third kappa shape index (κ3) is 3.57. The quantitative estimate of drug-likeness (QED) is 0.917. The van der Waals surface area contributed by atoms with Gasteiger partial charge < -0.3 is 5.32 Å². The second kappa shape index (κ2) is 6.04. The Kier molecular flexibility index (Phi) is 4.88. The molecule has 1 N–H and O–H groups in total. The molecule has 0 aliphatic heterocycles. The summed E-state index contributed by atoms with van der Waals surface area (Å²) in [5.74, 6) is -0.804. The monoisotopic (exact) mass is 298 g/mol. The number of nitrogens with zero attached hydrogens (tertiary/aromatic N) is 1. The van der Waals surface area contributed by atoms with E-state index in [4.69, 9.17) is 0 Å². The summed E-state index contributed by atoms with van der Waals surface area (Å²) >= 11 is 0. The lowest BCUT2D eigenvalue weighted by Crippen LogP contribution is -2.39. The van der Waals surface area contributed by atoms with Crippen molar-refractivity contribution in [2.24, 2.45) is 0 Å². The van der Waals surface area contributed by atoms with Crippen LogP contribution in [0.25, 0.3) is 0 Å². The fraction of sp³-hybridized carbons (Fsp3) is 0.385. The molecule has 1 aromatic carbocycles.